The predicted molar refractivity (Wildman–Crippen MR) is 169 cm³/mol. The molecule has 0 aromatic heterocycles. The molecule has 0 bridgehead atoms. The van der Waals surface area contributed by atoms with E-state index in [1.165, 1.54) is 12.1 Å². The van der Waals surface area contributed by atoms with Crippen LogP contribution in [0.5, 0.6) is 11.5 Å². The smallest absolute Gasteiger partial charge is 0.233 e. The highest BCUT2D eigenvalue weighted by Gasteiger charge is 2.61. The van der Waals surface area contributed by atoms with Crippen LogP contribution in [0, 0.1) is 17.3 Å². The number of amides is 2. The molecule has 1 spiro atoms. The number of carbonyl (C=O) groups is 2. The highest BCUT2D eigenvalue weighted by molar-refractivity contribution is 7.90. The van der Waals surface area contributed by atoms with Gasteiger partial charge in [0.2, 0.25) is 11.8 Å². The maximum atomic E-state index is 14.2. The van der Waals surface area contributed by atoms with Gasteiger partial charge < -0.3 is 15.4 Å². The number of piperidine rings is 1. The molecule has 0 radical (unpaired) electrons. The molecular weight excluding hydrogens is 631 g/mol. The number of allylic oxidation sites excluding steroid dienone is 9. The van der Waals surface area contributed by atoms with Crippen LogP contribution in [0.1, 0.15) is 30.9 Å². The van der Waals surface area contributed by atoms with E-state index in [2.05, 4.69) is 17.2 Å². The number of benzene rings is 2. The number of carbonyl (C=O) groups excluding carboxylic acids is 2. The largest absolute Gasteiger partial charge is 0.457 e. The van der Waals surface area contributed by atoms with E-state index in [1.54, 1.807) is 48.6 Å². The van der Waals surface area contributed by atoms with E-state index < -0.39 is 27.2 Å². The second-order valence-corrected chi connectivity index (χ2v) is 14.2. The summed E-state index contributed by atoms with van der Waals surface area (Å²) in [6.45, 7) is 3.68. The first-order valence-electron chi connectivity index (χ1n) is 13.5. The van der Waals surface area contributed by atoms with Crippen molar-refractivity contribution >= 4 is 56.5 Å². The van der Waals surface area contributed by atoms with Crippen LogP contribution in [0.4, 0.5) is 0 Å². The summed E-state index contributed by atoms with van der Waals surface area (Å²) in [4.78, 5) is 27.7. The van der Waals surface area contributed by atoms with Crippen LogP contribution in [-0.4, -0.2) is 26.5 Å². The van der Waals surface area contributed by atoms with Crippen molar-refractivity contribution in [3.8, 4) is 11.5 Å². The van der Waals surface area contributed by atoms with E-state index in [0.29, 0.717) is 44.3 Å². The summed E-state index contributed by atoms with van der Waals surface area (Å²) in [7, 11) is -3.40. The van der Waals surface area contributed by atoms with Crippen molar-refractivity contribution in [2.24, 2.45) is 17.3 Å². The molecule has 2 saturated heterocycles. The number of rotatable bonds is 7. The zero-order valence-electron chi connectivity index (χ0n) is 23.1. The molecule has 2 N–H and O–H groups in total. The van der Waals surface area contributed by atoms with Crippen LogP contribution in [-0.2, 0) is 19.4 Å². The molecule has 224 valence electrons. The van der Waals surface area contributed by atoms with Crippen LogP contribution in [0.2, 0.25) is 5.02 Å². The molecule has 2 fully saturated rings. The van der Waals surface area contributed by atoms with Crippen LogP contribution < -0.4 is 15.4 Å². The van der Waals surface area contributed by atoms with E-state index in [1.807, 2.05) is 18.2 Å². The second-order valence-electron chi connectivity index (χ2n) is 10.8. The third kappa shape index (κ3) is 6.48. The van der Waals surface area contributed by atoms with Gasteiger partial charge in [0.25, 0.3) is 0 Å². The summed E-state index contributed by atoms with van der Waals surface area (Å²) in [6.07, 6.45) is 12.5. The van der Waals surface area contributed by atoms with Gasteiger partial charge in [-0.3, -0.25) is 9.59 Å². The molecule has 1 unspecified atom stereocenters. The van der Waals surface area contributed by atoms with Crippen molar-refractivity contribution in [3.05, 3.63) is 112 Å². The van der Waals surface area contributed by atoms with Gasteiger partial charge in [0.15, 0.2) is 9.84 Å². The highest BCUT2D eigenvalue weighted by Crippen LogP contribution is 2.57. The van der Waals surface area contributed by atoms with Crippen molar-refractivity contribution < 1.29 is 22.7 Å². The maximum absolute atomic E-state index is 14.2. The van der Waals surface area contributed by atoms with Gasteiger partial charge in [0.05, 0.1) is 16.4 Å². The van der Waals surface area contributed by atoms with Gasteiger partial charge in [0.1, 0.15) is 11.5 Å². The van der Waals surface area contributed by atoms with E-state index in [0.717, 1.165) is 6.26 Å². The van der Waals surface area contributed by atoms with E-state index in [-0.39, 0.29) is 35.5 Å². The van der Waals surface area contributed by atoms with Crippen LogP contribution in [0.15, 0.2) is 106 Å². The topological polar surface area (TPSA) is 102 Å². The zero-order chi connectivity index (χ0) is 30.9. The Labute approximate surface area is 265 Å². The fourth-order valence-electron chi connectivity index (χ4n) is 6.14. The van der Waals surface area contributed by atoms with Crippen molar-refractivity contribution in [1.82, 2.24) is 10.6 Å². The Morgan fingerprint density at radius 1 is 1.12 bits per heavy atom. The molecule has 2 aromatic carbocycles. The Balaban J connectivity index is 1.63. The van der Waals surface area contributed by atoms with Crippen molar-refractivity contribution in [2.75, 3.05) is 6.26 Å². The van der Waals surface area contributed by atoms with Crippen LogP contribution in [0.3, 0.4) is 0 Å². The average Bonchev–Trinajstić information content (AvgIpc) is 3.26. The Kier molecular flexibility index (Phi) is 8.95. The number of hydrogen-bond acceptors (Lipinski definition) is 5. The predicted octanol–water partition coefficient (Wildman–Crippen LogP) is 7.11. The van der Waals surface area contributed by atoms with Crippen molar-refractivity contribution in [3.63, 3.8) is 0 Å². The number of halogens is 3. The van der Waals surface area contributed by atoms with Gasteiger partial charge in [0, 0.05) is 45.4 Å². The highest BCUT2D eigenvalue weighted by atomic mass is 35.5. The normalized spacial score (nSPS) is 26.7. The second kappa shape index (κ2) is 12.4. The number of hydrogen-bond donors (Lipinski definition) is 2. The van der Waals surface area contributed by atoms with Gasteiger partial charge in [-0.05, 0) is 78.9 Å². The summed E-state index contributed by atoms with van der Waals surface area (Å²) in [5, 5.41) is 7.51. The van der Waals surface area contributed by atoms with Gasteiger partial charge >= 0.3 is 0 Å². The lowest BCUT2D eigenvalue weighted by Gasteiger charge is -2.48. The van der Waals surface area contributed by atoms with Gasteiger partial charge in [-0.2, -0.15) is 0 Å². The fourth-order valence-corrected chi connectivity index (χ4v) is 7.42. The molecule has 2 amide bonds. The lowest BCUT2D eigenvalue weighted by Crippen LogP contribution is -2.56. The molecule has 3 aliphatic rings. The van der Waals surface area contributed by atoms with E-state index >= 15 is 0 Å². The minimum absolute atomic E-state index is 0.107. The molecule has 5 rings (SSSR count). The number of ether oxygens (including phenoxy) is 1. The summed E-state index contributed by atoms with van der Waals surface area (Å²) >= 11 is 19.3. The summed E-state index contributed by atoms with van der Waals surface area (Å²) in [5.74, 6) is -0.388. The molecule has 0 saturated carbocycles. The number of nitrogens with one attached hydrogen (secondary N) is 2. The standard InChI is InChI=1S/C32H29Cl3N2O5S/c1-3-5-20(33)15-23-18-32(31(39)36-23)27(19-6-4-7-21(34)14-19)17-29(38)37-30(32)26-16-22(35)8-13-28(26)42-24-9-11-25(12-10-24)43(2,40)41/h3-13,15-16,19,27,30H,1,14,17-18H2,2H3,(H,36,39)(H,37,38)/b20-5+,23-15+/t19?,27-,30-,32-/m0/s1. The van der Waals surface area contributed by atoms with Gasteiger partial charge in [-0.1, -0.05) is 59.6 Å². The summed E-state index contributed by atoms with van der Waals surface area (Å²) in [5.41, 5.74) is -0.0535. The van der Waals surface area contributed by atoms with Crippen LogP contribution in [0.25, 0.3) is 0 Å². The SMILES string of the molecule is C=C/C=C(Cl)\C=C1/C[C@@]2(C(=O)N1)[C@H](c1cc(Cl)ccc1Oc1ccc(S(C)(=O)=O)cc1)NC(=O)C[C@H]2C1C=CC=C(Cl)C1. The summed E-state index contributed by atoms with van der Waals surface area (Å²) in [6, 6.07) is 10.2. The van der Waals surface area contributed by atoms with Crippen LogP contribution >= 0.6 is 34.8 Å². The Morgan fingerprint density at radius 2 is 1.86 bits per heavy atom. The maximum Gasteiger partial charge on any atom is 0.233 e. The van der Waals surface area contributed by atoms with Crippen molar-refractivity contribution in [2.45, 2.75) is 30.2 Å². The summed E-state index contributed by atoms with van der Waals surface area (Å²) < 4.78 is 30.1. The lowest BCUT2D eigenvalue weighted by atomic mass is 9.58. The third-order valence-electron chi connectivity index (χ3n) is 8.00. The zero-order valence-corrected chi connectivity index (χ0v) is 26.2. The molecule has 43 heavy (non-hydrogen) atoms. The molecule has 2 heterocycles. The van der Waals surface area contributed by atoms with Gasteiger partial charge in [-0.15, -0.1) is 0 Å². The van der Waals surface area contributed by atoms with E-state index in [4.69, 9.17) is 39.5 Å². The minimum atomic E-state index is -3.40. The Hall–Kier alpha value is -3.30. The van der Waals surface area contributed by atoms with Crippen molar-refractivity contribution in [1.29, 1.82) is 0 Å². The molecular formula is C32H29Cl3N2O5S. The minimum Gasteiger partial charge on any atom is -0.457 e. The Bertz CT molecular complexity index is 1710. The molecule has 2 aliphatic heterocycles. The molecule has 7 nitrogen and oxygen atoms in total. The first kappa shape index (κ1) is 31.1. The quantitative estimate of drug-likeness (QED) is 0.309. The molecule has 2 aromatic rings. The monoisotopic (exact) mass is 658 g/mol. The molecule has 1 aliphatic carbocycles. The first-order valence-corrected chi connectivity index (χ1v) is 16.5. The first-order chi connectivity index (χ1) is 20.4. The molecule has 4 atom stereocenters. The Morgan fingerprint density at radius 3 is 2.53 bits per heavy atom. The average molecular weight is 660 g/mol. The fraction of sp³-hybridized carbons (Fsp3) is 0.250. The molecule has 11 heteroatoms. The van der Waals surface area contributed by atoms with E-state index in [9.17, 15) is 18.0 Å². The third-order valence-corrected chi connectivity index (χ3v) is 9.88. The number of sulfone groups is 1. The lowest BCUT2D eigenvalue weighted by molar-refractivity contribution is -0.143. The van der Waals surface area contributed by atoms with Gasteiger partial charge in [-0.25, -0.2) is 8.42 Å².